The van der Waals surface area contributed by atoms with E-state index in [1.165, 1.54) is 0 Å². The van der Waals surface area contributed by atoms with Crippen LogP contribution in [0.25, 0.3) is 11.0 Å². The van der Waals surface area contributed by atoms with Gasteiger partial charge in [-0.25, -0.2) is 0 Å². The van der Waals surface area contributed by atoms with Crippen LogP contribution in [0.1, 0.15) is 12.5 Å². The molecule has 2 N–H and O–H groups in total. The van der Waals surface area contributed by atoms with E-state index in [1.807, 2.05) is 18.2 Å². The van der Waals surface area contributed by atoms with Crippen molar-refractivity contribution in [2.24, 2.45) is 11.7 Å². The van der Waals surface area contributed by atoms with Gasteiger partial charge in [-0.1, -0.05) is 25.1 Å². The Balaban J connectivity index is 0.00000133. The van der Waals surface area contributed by atoms with Crippen molar-refractivity contribution in [1.82, 2.24) is 4.90 Å². The van der Waals surface area contributed by atoms with Crippen molar-refractivity contribution in [3.63, 3.8) is 0 Å². The Hall–Kier alpha value is -0.740. The van der Waals surface area contributed by atoms with Gasteiger partial charge < -0.3 is 10.2 Å². The predicted octanol–water partition coefficient (Wildman–Crippen LogP) is 3.29. The van der Waals surface area contributed by atoms with Crippen LogP contribution in [0.2, 0.25) is 5.22 Å². The highest BCUT2D eigenvalue weighted by atomic mass is 35.5. The van der Waals surface area contributed by atoms with Crippen molar-refractivity contribution >= 4 is 35.0 Å². The number of para-hydroxylation sites is 1. The van der Waals surface area contributed by atoms with Crippen LogP contribution < -0.4 is 5.73 Å². The molecule has 3 nitrogen and oxygen atoms in total. The molecular formula is C14H18Cl2N2O. The first-order valence-corrected chi connectivity index (χ1v) is 6.67. The Morgan fingerprint density at radius 1 is 1.37 bits per heavy atom. The monoisotopic (exact) mass is 300 g/mol. The van der Waals surface area contributed by atoms with Gasteiger partial charge in [-0.2, -0.15) is 0 Å². The van der Waals surface area contributed by atoms with Gasteiger partial charge in [0.15, 0.2) is 5.22 Å². The molecule has 0 aliphatic carbocycles. The number of hydrogen-bond donors (Lipinski definition) is 1. The highest BCUT2D eigenvalue weighted by molar-refractivity contribution is 6.30. The summed E-state index contributed by atoms with van der Waals surface area (Å²) < 4.78 is 5.57. The molecule has 104 valence electrons. The van der Waals surface area contributed by atoms with E-state index in [1.54, 1.807) is 0 Å². The molecule has 0 bridgehead atoms. The Bertz CT molecular complexity index is 560. The average molecular weight is 301 g/mol. The Morgan fingerprint density at radius 2 is 2.11 bits per heavy atom. The Labute approximate surface area is 124 Å². The summed E-state index contributed by atoms with van der Waals surface area (Å²) >= 11 is 6.19. The number of fused-ring (bicyclic) bond motifs is 1. The molecular weight excluding hydrogens is 283 g/mol. The van der Waals surface area contributed by atoms with Gasteiger partial charge in [0.2, 0.25) is 0 Å². The fourth-order valence-corrected chi connectivity index (χ4v) is 2.91. The highest BCUT2D eigenvalue weighted by Gasteiger charge is 2.27. The molecule has 0 amide bonds. The molecule has 2 atom stereocenters. The van der Waals surface area contributed by atoms with Crippen molar-refractivity contribution < 1.29 is 4.42 Å². The number of nitrogens with two attached hydrogens (primary N) is 1. The van der Waals surface area contributed by atoms with Gasteiger partial charge in [0.25, 0.3) is 0 Å². The molecule has 19 heavy (non-hydrogen) atoms. The number of rotatable bonds is 2. The fourth-order valence-electron chi connectivity index (χ4n) is 2.66. The van der Waals surface area contributed by atoms with E-state index in [0.29, 0.717) is 11.1 Å². The molecule has 1 saturated heterocycles. The van der Waals surface area contributed by atoms with Crippen LogP contribution in [0, 0.1) is 5.92 Å². The Kier molecular flexibility index (Phi) is 4.41. The average Bonchev–Trinajstić information content (AvgIpc) is 2.82. The first-order chi connectivity index (χ1) is 8.65. The third-order valence-electron chi connectivity index (χ3n) is 3.78. The number of furan rings is 1. The van der Waals surface area contributed by atoms with E-state index in [2.05, 4.69) is 17.9 Å². The molecule has 1 aromatic heterocycles. The summed E-state index contributed by atoms with van der Waals surface area (Å²) in [5.41, 5.74) is 7.98. The van der Waals surface area contributed by atoms with Crippen LogP contribution in [0.5, 0.6) is 0 Å². The lowest BCUT2D eigenvalue weighted by molar-refractivity contribution is 0.318. The summed E-state index contributed by atoms with van der Waals surface area (Å²) in [5, 5.41) is 1.61. The molecule has 0 radical (unpaired) electrons. The molecule has 2 aromatic rings. The SMILES string of the molecule is CC1CN(Cc2c(Cl)oc3ccccc23)CC1N.Cl. The van der Waals surface area contributed by atoms with E-state index in [-0.39, 0.29) is 18.4 Å². The van der Waals surface area contributed by atoms with Gasteiger partial charge in [-0.05, 0) is 23.6 Å². The number of hydrogen-bond acceptors (Lipinski definition) is 3. The minimum atomic E-state index is 0. The number of halogens is 2. The van der Waals surface area contributed by atoms with E-state index in [0.717, 1.165) is 36.2 Å². The van der Waals surface area contributed by atoms with Gasteiger partial charge in [-0.3, -0.25) is 4.90 Å². The van der Waals surface area contributed by atoms with Crippen LogP contribution >= 0.6 is 24.0 Å². The zero-order chi connectivity index (χ0) is 12.7. The lowest BCUT2D eigenvalue weighted by Crippen LogP contribution is -2.28. The summed E-state index contributed by atoms with van der Waals surface area (Å²) in [7, 11) is 0. The highest BCUT2D eigenvalue weighted by Crippen LogP contribution is 2.31. The lowest BCUT2D eigenvalue weighted by atomic mass is 10.1. The third-order valence-corrected chi connectivity index (χ3v) is 4.08. The zero-order valence-corrected chi connectivity index (χ0v) is 12.4. The first-order valence-electron chi connectivity index (χ1n) is 6.29. The van der Waals surface area contributed by atoms with Crippen molar-refractivity contribution in [2.75, 3.05) is 13.1 Å². The number of benzene rings is 1. The quantitative estimate of drug-likeness (QED) is 0.925. The second kappa shape index (κ2) is 5.71. The normalized spacial score (nSPS) is 23.7. The van der Waals surface area contributed by atoms with Crippen LogP contribution in [-0.4, -0.2) is 24.0 Å². The van der Waals surface area contributed by atoms with E-state index in [4.69, 9.17) is 21.8 Å². The fraction of sp³-hybridized carbons (Fsp3) is 0.429. The summed E-state index contributed by atoms with van der Waals surface area (Å²) in [6.45, 7) is 4.96. The summed E-state index contributed by atoms with van der Waals surface area (Å²) in [6.07, 6.45) is 0. The van der Waals surface area contributed by atoms with Gasteiger partial charge in [0.1, 0.15) is 5.58 Å². The standard InChI is InChI=1S/C14H17ClN2O.ClH/c1-9-6-17(8-12(9)16)7-11-10-4-2-3-5-13(10)18-14(11)15;/h2-5,9,12H,6-8,16H2,1H3;1H. The van der Waals surface area contributed by atoms with Crippen molar-refractivity contribution in [2.45, 2.75) is 19.5 Å². The maximum Gasteiger partial charge on any atom is 0.199 e. The van der Waals surface area contributed by atoms with Crippen LogP contribution in [0.15, 0.2) is 28.7 Å². The second-order valence-corrected chi connectivity index (χ2v) is 5.53. The largest absolute Gasteiger partial charge is 0.444 e. The van der Waals surface area contributed by atoms with Crippen molar-refractivity contribution in [3.8, 4) is 0 Å². The van der Waals surface area contributed by atoms with Crippen molar-refractivity contribution in [1.29, 1.82) is 0 Å². The predicted molar refractivity (Wildman–Crippen MR) is 80.9 cm³/mol. The summed E-state index contributed by atoms with van der Waals surface area (Å²) in [6, 6.07) is 8.24. The molecule has 1 aliphatic rings. The number of likely N-dealkylation sites (tertiary alicyclic amines) is 1. The maximum atomic E-state index is 6.19. The van der Waals surface area contributed by atoms with E-state index in [9.17, 15) is 0 Å². The van der Waals surface area contributed by atoms with Gasteiger partial charge in [0, 0.05) is 36.6 Å². The molecule has 2 unspecified atom stereocenters. The van der Waals surface area contributed by atoms with Crippen LogP contribution in [0.4, 0.5) is 0 Å². The molecule has 1 aliphatic heterocycles. The molecule has 0 saturated carbocycles. The summed E-state index contributed by atoms with van der Waals surface area (Å²) in [5.74, 6) is 0.543. The minimum absolute atomic E-state index is 0. The maximum absolute atomic E-state index is 6.19. The lowest BCUT2D eigenvalue weighted by Gasteiger charge is -2.14. The van der Waals surface area contributed by atoms with Gasteiger partial charge >= 0.3 is 0 Å². The smallest absolute Gasteiger partial charge is 0.199 e. The molecule has 3 rings (SSSR count). The molecule has 2 heterocycles. The van der Waals surface area contributed by atoms with E-state index < -0.39 is 0 Å². The molecule has 1 fully saturated rings. The Morgan fingerprint density at radius 3 is 2.79 bits per heavy atom. The zero-order valence-electron chi connectivity index (χ0n) is 10.8. The number of nitrogens with zero attached hydrogens (tertiary/aromatic N) is 1. The minimum Gasteiger partial charge on any atom is -0.444 e. The topological polar surface area (TPSA) is 42.4 Å². The second-order valence-electron chi connectivity index (χ2n) is 5.19. The molecule has 0 spiro atoms. The van der Waals surface area contributed by atoms with Crippen LogP contribution in [-0.2, 0) is 6.54 Å². The first kappa shape index (κ1) is 14.7. The molecule has 1 aromatic carbocycles. The van der Waals surface area contributed by atoms with Crippen molar-refractivity contribution in [3.05, 3.63) is 35.0 Å². The molecule has 5 heteroatoms. The third kappa shape index (κ3) is 2.75. The van der Waals surface area contributed by atoms with Gasteiger partial charge in [-0.15, -0.1) is 12.4 Å². The summed E-state index contributed by atoms with van der Waals surface area (Å²) in [4.78, 5) is 2.35. The van der Waals surface area contributed by atoms with E-state index >= 15 is 0 Å². The van der Waals surface area contributed by atoms with Crippen LogP contribution in [0.3, 0.4) is 0 Å². The van der Waals surface area contributed by atoms with Gasteiger partial charge in [0.05, 0.1) is 0 Å².